The largest absolute Gasteiger partial charge is 0.456 e. The summed E-state index contributed by atoms with van der Waals surface area (Å²) in [5.74, 6) is 0.636. The van der Waals surface area contributed by atoms with Crippen LogP contribution in [0.15, 0.2) is 192 Å². The van der Waals surface area contributed by atoms with Gasteiger partial charge >= 0.3 is 0 Å². The lowest BCUT2D eigenvalue weighted by Crippen LogP contribution is -2.20. The van der Waals surface area contributed by atoms with Crippen LogP contribution < -0.4 is 5.32 Å². The van der Waals surface area contributed by atoms with E-state index < -0.39 is 0 Å². The van der Waals surface area contributed by atoms with Gasteiger partial charge in [0.25, 0.3) is 0 Å². The first-order valence-electron chi connectivity index (χ1n) is 18.7. The van der Waals surface area contributed by atoms with Crippen molar-refractivity contribution in [1.29, 1.82) is 5.41 Å². The molecule has 9 aromatic rings. The van der Waals surface area contributed by atoms with Gasteiger partial charge in [-0.3, -0.25) is 5.41 Å². The van der Waals surface area contributed by atoms with E-state index in [1.54, 1.807) is 0 Å². The molecule has 0 aliphatic carbocycles. The Morgan fingerprint density at radius 1 is 0.500 bits per heavy atom. The molecule has 3 heterocycles. The summed E-state index contributed by atoms with van der Waals surface area (Å²) < 4.78 is 6.25. The Hall–Kier alpha value is -7.63. The highest BCUT2D eigenvalue weighted by Gasteiger charge is 2.24. The van der Waals surface area contributed by atoms with Gasteiger partial charge in [0.05, 0.1) is 22.8 Å². The molecule has 0 radical (unpaired) electrons. The molecule has 264 valence electrons. The van der Waals surface area contributed by atoms with Crippen molar-refractivity contribution in [3.63, 3.8) is 0 Å². The second-order valence-corrected chi connectivity index (χ2v) is 13.8. The minimum absolute atomic E-state index is 0.455. The Labute approximate surface area is 324 Å². The zero-order valence-corrected chi connectivity index (χ0v) is 30.3. The van der Waals surface area contributed by atoms with E-state index in [4.69, 9.17) is 14.4 Å². The molecule has 10 rings (SSSR count). The molecule has 0 saturated carbocycles. The van der Waals surface area contributed by atoms with Gasteiger partial charge in [-0.05, 0) is 41.0 Å². The molecule has 0 spiro atoms. The quantitative estimate of drug-likeness (QED) is 0.161. The van der Waals surface area contributed by atoms with Crippen molar-refractivity contribution in [1.82, 2.24) is 15.3 Å². The monoisotopic (exact) mass is 718 g/mol. The number of para-hydroxylation sites is 1. The zero-order chi connectivity index (χ0) is 37.4. The molecule has 56 heavy (non-hydrogen) atoms. The number of allylic oxidation sites excluding steroid dienone is 1. The predicted octanol–water partition coefficient (Wildman–Crippen LogP) is 12.4. The lowest BCUT2D eigenvalue weighted by molar-refractivity contribution is 0.669. The fraction of sp³-hybridized carbons (Fsp3) is 0. The summed E-state index contributed by atoms with van der Waals surface area (Å²) in [6.45, 7) is 0. The average molecular weight is 719 g/mol. The summed E-state index contributed by atoms with van der Waals surface area (Å²) in [6, 6.07) is 63.5. The second kappa shape index (κ2) is 14.0. The minimum Gasteiger partial charge on any atom is -0.456 e. The molecule has 0 amide bonds. The molecule has 0 bridgehead atoms. The van der Waals surface area contributed by atoms with E-state index >= 15 is 0 Å². The van der Waals surface area contributed by atoms with Crippen molar-refractivity contribution in [3.8, 4) is 33.9 Å². The van der Waals surface area contributed by atoms with Gasteiger partial charge in [-0.2, -0.15) is 0 Å². The lowest BCUT2D eigenvalue weighted by Gasteiger charge is -2.26. The number of nitrogens with one attached hydrogen (secondary N) is 2. The SMILES string of the molecule is N=C(/C(=C1\NC(c2ccc(-c3nc(-c4ccccc4)cc(-c4cccc5oc6ccccc6c45)n3)cc2)=Cc2ccccc21)c1ccccc1)c1ccccc1. The topological polar surface area (TPSA) is 74.8 Å². The number of benzene rings is 7. The average Bonchev–Trinajstić information content (AvgIpc) is 3.66. The molecule has 0 saturated heterocycles. The standard InChI is InChI=1S/C51H34N4O/c52-49(36-19-8-3-9-20-36)47(35-17-6-2-7-18-35)50-39-22-11-10-21-38(39)31-42(53-50)34-27-29-37(30-28-34)51-54-43(33-15-4-1-5-16-33)32-44(55-51)40-24-14-26-46-48(40)41-23-12-13-25-45(41)56-46/h1-32,52-53H/b50-47-,52-49?. The summed E-state index contributed by atoms with van der Waals surface area (Å²) in [5, 5.41) is 15.4. The smallest absolute Gasteiger partial charge is 0.160 e. The summed E-state index contributed by atoms with van der Waals surface area (Å²) in [5.41, 5.74) is 14.4. The zero-order valence-electron chi connectivity index (χ0n) is 30.3. The van der Waals surface area contributed by atoms with Gasteiger partial charge in [0.2, 0.25) is 0 Å². The maximum absolute atomic E-state index is 9.49. The van der Waals surface area contributed by atoms with E-state index in [1.807, 2.05) is 97.1 Å². The third-order valence-electron chi connectivity index (χ3n) is 10.3. The van der Waals surface area contributed by atoms with Crippen LogP contribution in [-0.4, -0.2) is 15.7 Å². The number of hydrogen-bond acceptors (Lipinski definition) is 5. The van der Waals surface area contributed by atoms with Crippen molar-refractivity contribution in [2.24, 2.45) is 0 Å². The number of furan rings is 1. The van der Waals surface area contributed by atoms with Crippen LogP contribution in [0, 0.1) is 5.41 Å². The molecular weight excluding hydrogens is 685 g/mol. The first-order valence-corrected chi connectivity index (χ1v) is 18.7. The summed E-state index contributed by atoms with van der Waals surface area (Å²) in [6.07, 6.45) is 2.18. The minimum atomic E-state index is 0.455. The van der Waals surface area contributed by atoms with Crippen molar-refractivity contribution in [2.75, 3.05) is 0 Å². The van der Waals surface area contributed by atoms with Gasteiger partial charge in [-0.1, -0.05) is 170 Å². The maximum atomic E-state index is 9.49. The molecule has 2 N–H and O–H groups in total. The van der Waals surface area contributed by atoms with Gasteiger partial charge in [0.15, 0.2) is 5.82 Å². The molecule has 0 atom stereocenters. The Morgan fingerprint density at radius 3 is 1.89 bits per heavy atom. The second-order valence-electron chi connectivity index (χ2n) is 13.8. The molecular formula is C51H34N4O. The van der Waals surface area contributed by atoms with Gasteiger partial charge in [0.1, 0.15) is 11.2 Å². The van der Waals surface area contributed by atoms with Gasteiger partial charge < -0.3 is 9.73 Å². The van der Waals surface area contributed by atoms with E-state index in [0.29, 0.717) is 11.5 Å². The number of rotatable bonds is 7. The van der Waals surface area contributed by atoms with E-state index in [1.165, 1.54) is 0 Å². The van der Waals surface area contributed by atoms with Gasteiger partial charge in [0, 0.05) is 49.9 Å². The molecule has 5 heteroatoms. The molecule has 2 aromatic heterocycles. The van der Waals surface area contributed by atoms with Gasteiger partial charge in [-0.25, -0.2) is 9.97 Å². The number of aromatic nitrogens is 2. The summed E-state index contributed by atoms with van der Waals surface area (Å²) in [4.78, 5) is 10.3. The first kappa shape index (κ1) is 33.0. The predicted molar refractivity (Wildman–Crippen MR) is 230 cm³/mol. The van der Waals surface area contributed by atoms with Crippen LogP contribution in [-0.2, 0) is 0 Å². The summed E-state index contributed by atoms with van der Waals surface area (Å²) >= 11 is 0. The van der Waals surface area contributed by atoms with Gasteiger partial charge in [-0.15, -0.1) is 0 Å². The van der Waals surface area contributed by atoms with Crippen LogP contribution >= 0.6 is 0 Å². The van der Waals surface area contributed by atoms with Crippen LogP contribution in [0.3, 0.4) is 0 Å². The summed E-state index contributed by atoms with van der Waals surface area (Å²) in [7, 11) is 0. The van der Waals surface area contributed by atoms with E-state index in [0.717, 1.165) is 94.8 Å². The van der Waals surface area contributed by atoms with Crippen LogP contribution in [0.1, 0.15) is 27.8 Å². The van der Waals surface area contributed by atoms with Crippen LogP contribution in [0.5, 0.6) is 0 Å². The molecule has 5 nitrogen and oxygen atoms in total. The third kappa shape index (κ3) is 5.98. The molecule has 0 fully saturated rings. The third-order valence-corrected chi connectivity index (χ3v) is 10.3. The van der Waals surface area contributed by atoms with Crippen molar-refractivity contribution in [3.05, 3.63) is 216 Å². The maximum Gasteiger partial charge on any atom is 0.160 e. The Balaban J connectivity index is 1.08. The van der Waals surface area contributed by atoms with E-state index in [2.05, 4.69) is 102 Å². The van der Waals surface area contributed by atoms with Crippen molar-refractivity contribution < 1.29 is 4.42 Å². The highest BCUT2D eigenvalue weighted by molar-refractivity contribution is 6.36. The molecule has 7 aromatic carbocycles. The Kier molecular flexibility index (Phi) is 8.23. The van der Waals surface area contributed by atoms with Crippen molar-refractivity contribution >= 4 is 50.7 Å². The Bertz CT molecular complexity index is 2980. The highest BCUT2D eigenvalue weighted by atomic mass is 16.3. The molecule has 1 aliphatic heterocycles. The number of hydrogen-bond donors (Lipinski definition) is 2. The van der Waals surface area contributed by atoms with Crippen molar-refractivity contribution in [2.45, 2.75) is 0 Å². The fourth-order valence-electron chi connectivity index (χ4n) is 7.62. The molecule has 0 unspecified atom stereocenters. The highest BCUT2D eigenvalue weighted by Crippen LogP contribution is 2.39. The number of fused-ring (bicyclic) bond motifs is 4. The van der Waals surface area contributed by atoms with Crippen LogP contribution in [0.4, 0.5) is 0 Å². The first-order chi connectivity index (χ1) is 27.7. The Morgan fingerprint density at radius 2 is 1.11 bits per heavy atom. The lowest BCUT2D eigenvalue weighted by atomic mass is 9.88. The molecule has 1 aliphatic rings. The normalized spacial score (nSPS) is 13.2. The van der Waals surface area contributed by atoms with Crippen LogP contribution in [0.2, 0.25) is 0 Å². The van der Waals surface area contributed by atoms with E-state index in [9.17, 15) is 5.41 Å². The fourth-order valence-corrected chi connectivity index (χ4v) is 7.62. The van der Waals surface area contributed by atoms with Crippen LogP contribution in [0.25, 0.3) is 78.9 Å². The number of nitrogens with zero attached hydrogens (tertiary/aromatic N) is 2. The van der Waals surface area contributed by atoms with E-state index in [-0.39, 0.29) is 0 Å².